The maximum absolute atomic E-state index is 13.2. The molecule has 1 aromatic heterocycles. The molecule has 32 heavy (non-hydrogen) atoms. The second-order valence-electron chi connectivity index (χ2n) is 7.78. The van der Waals surface area contributed by atoms with Gasteiger partial charge in [-0.15, -0.1) is 11.8 Å². The fourth-order valence-electron chi connectivity index (χ4n) is 3.88. The van der Waals surface area contributed by atoms with Crippen molar-refractivity contribution in [2.75, 3.05) is 24.1 Å². The van der Waals surface area contributed by atoms with Gasteiger partial charge >= 0.3 is 4.87 Å². The molecule has 7 nitrogen and oxygen atoms in total. The molecule has 4 rings (SSSR count). The zero-order valence-corrected chi connectivity index (χ0v) is 20.4. The van der Waals surface area contributed by atoms with Crippen molar-refractivity contribution in [3.05, 3.63) is 51.6 Å². The zero-order valence-electron chi connectivity index (χ0n) is 18.0. The van der Waals surface area contributed by atoms with E-state index in [2.05, 4.69) is 4.72 Å². The van der Waals surface area contributed by atoms with E-state index < -0.39 is 10.0 Å². The molecule has 1 amide bonds. The molecule has 0 bridgehead atoms. The number of likely N-dealkylation sites (tertiary alicyclic amines) is 1. The first-order valence-electron chi connectivity index (χ1n) is 10.4. The molecule has 0 unspecified atom stereocenters. The summed E-state index contributed by atoms with van der Waals surface area (Å²) in [6, 6.07) is 9.68. The minimum atomic E-state index is -3.91. The van der Waals surface area contributed by atoms with Crippen LogP contribution in [0.15, 0.2) is 51.0 Å². The second kappa shape index (κ2) is 9.29. The third-order valence-electron chi connectivity index (χ3n) is 5.65. The molecular weight excluding hydrogens is 466 g/mol. The van der Waals surface area contributed by atoms with Crippen molar-refractivity contribution < 1.29 is 13.2 Å². The number of hydrogen-bond donors (Lipinski definition) is 1. The van der Waals surface area contributed by atoms with Gasteiger partial charge in [-0.3, -0.25) is 14.3 Å². The first-order valence-corrected chi connectivity index (χ1v) is 13.9. The van der Waals surface area contributed by atoms with Crippen LogP contribution in [-0.2, 0) is 17.1 Å². The van der Waals surface area contributed by atoms with E-state index in [4.69, 9.17) is 0 Å². The summed E-state index contributed by atoms with van der Waals surface area (Å²) in [5, 5.41) is 0. The number of aryl methyl sites for hydroxylation is 1. The Labute approximate surface area is 195 Å². The maximum atomic E-state index is 13.2. The first-order chi connectivity index (χ1) is 15.3. The molecule has 1 aliphatic rings. The Balaban J connectivity index is 1.65. The van der Waals surface area contributed by atoms with Gasteiger partial charge in [0.15, 0.2) is 0 Å². The topological polar surface area (TPSA) is 88.5 Å². The number of amides is 1. The number of sulfonamides is 1. The van der Waals surface area contributed by atoms with Crippen molar-refractivity contribution in [3.8, 4) is 0 Å². The van der Waals surface area contributed by atoms with Gasteiger partial charge in [-0.05, 0) is 55.5 Å². The smallest absolute Gasteiger partial charge is 0.307 e. The molecule has 1 fully saturated rings. The molecule has 0 aliphatic carbocycles. The van der Waals surface area contributed by atoms with Crippen molar-refractivity contribution >= 4 is 54.9 Å². The Kier molecular flexibility index (Phi) is 6.64. The van der Waals surface area contributed by atoms with E-state index in [1.165, 1.54) is 28.5 Å². The molecule has 0 radical (unpaired) electrons. The van der Waals surface area contributed by atoms with Gasteiger partial charge in [0.1, 0.15) is 0 Å². The van der Waals surface area contributed by atoms with E-state index >= 15 is 0 Å². The maximum Gasteiger partial charge on any atom is 0.307 e. The van der Waals surface area contributed by atoms with Crippen LogP contribution in [0.5, 0.6) is 0 Å². The number of thiazole rings is 1. The molecule has 0 saturated carbocycles. The minimum absolute atomic E-state index is 0.0369. The standard InChI is InChI=1S/C22H25N3O4S3/c1-24-18-9-7-15(13-20(18)31-22(24)27)23-32(28,29)16-8-10-19(30-2)17(14-16)21(26)25-11-5-3-4-6-12-25/h7-10,13-14,23H,3-6,11-12H2,1-2H3. The number of fused-ring (bicyclic) bond motifs is 1. The van der Waals surface area contributed by atoms with Gasteiger partial charge in [0, 0.05) is 25.0 Å². The Morgan fingerprint density at radius 1 is 1.06 bits per heavy atom. The number of nitrogens with one attached hydrogen (secondary N) is 1. The number of rotatable bonds is 5. The quantitative estimate of drug-likeness (QED) is 0.542. The number of anilines is 1. The van der Waals surface area contributed by atoms with Gasteiger partial charge in [0.2, 0.25) is 0 Å². The molecule has 1 aliphatic heterocycles. The van der Waals surface area contributed by atoms with Crippen LogP contribution in [-0.4, -0.2) is 43.1 Å². The monoisotopic (exact) mass is 491 g/mol. The van der Waals surface area contributed by atoms with Gasteiger partial charge < -0.3 is 9.47 Å². The molecule has 3 aromatic rings. The Hall–Kier alpha value is -2.30. The number of benzene rings is 2. The minimum Gasteiger partial charge on any atom is -0.339 e. The molecule has 2 heterocycles. The SMILES string of the molecule is CSc1ccc(S(=O)(=O)Nc2ccc3c(c2)sc(=O)n3C)cc1C(=O)N1CCCCCC1. The summed E-state index contributed by atoms with van der Waals surface area (Å²) in [4.78, 5) is 27.6. The summed E-state index contributed by atoms with van der Waals surface area (Å²) in [5.41, 5.74) is 1.53. The van der Waals surface area contributed by atoms with Crippen LogP contribution in [0.2, 0.25) is 0 Å². The Bertz CT molecular complexity index is 1320. The number of hydrogen-bond acceptors (Lipinski definition) is 6. The third kappa shape index (κ3) is 4.57. The first kappa shape index (κ1) is 22.9. The molecule has 170 valence electrons. The molecule has 1 N–H and O–H groups in total. The lowest BCUT2D eigenvalue weighted by atomic mass is 10.2. The molecule has 10 heteroatoms. The van der Waals surface area contributed by atoms with Crippen LogP contribution in [0, 0.1) is 0 Å². The summed E-state index contributed by atoms with van der Waals surface area (Å²) in [7, 11) is -2.23. The van der Waals surface area contributed by atoms with E-state index in [9.17, 15) is 18.0 Å². The third-order valence-corrected chi connectivity index (χ3v) is 8.82. The van der Waals surface area contributed by atoms with Gasteiger partial charge in [0.05, 0.1) is 26.4 Å². The largest absolute Gasteiger partial charge is 0.339 e. The lowest BCUT2D eigenvalue weighted by molar-refractivity contribution is 0.0758. The van der Waals surface area contributed by atoms with Gasteiger partial charge in [-0.25, -0.2) is 8.42 Å². The summed E-state index contributed by atoms with van der Waals surface area (Å²) < 4.78 is 31.0. The summed E-state index contributed by atoms with van der Waals surface area (Å²) >= 11 is 2.49. The molecular formula is C22H25N3O4S3. The highest BCUT2D eigenvalue weighted by Crippen LogP contribution is 2.28. The van der Waals surface area contributed by atoms with E-state index in [-0.39, 0.29) is 15.7 Å². The van der Waals surface area contributed by atoms with Gasteiger partial charge in [-0.2, -0.15) is 0 Å². The van der Waals surface area contributed by atoms with Crippen LogP contribution in [0.3, 0.4) is 0 Å². The summed E-state index contributed by atoms with van der Waals surface area (Å²) in [5.74, 6) is -0.121. The van der Waals surface area contributed by atoms with Crippen LogP contribution in [0.4, 0.5) is 5.69 Å². The van der Waals surface area contributed by atoms with Crippen molar-refractivity contribution in [2.24, 2.45) is 7.05 Å². The van der Waals surface area contributed by atoms with Crippen molar-refractivity contribution in [1.29, 1.82) is 0 Å². The number of nitrogens with zero attached hydrogens (tertiary/aromatic N) is 2. The van der Waals surface area contributed by atoms with E-state index in [1.807, 2.05) is 11.2 Å². The number of carbonyl (C=O) groups is 1. The molecule has 2 aromatic carbocycles. The summed E-state index contributed by atoms with van der Waals surface area (Å²) in [6.45, 7) is 1.39. The van der Waals surface area contributed by atoms with Gasteiger partial charge in [0.25, 0.3) is 15.9 Å². The highest BCUT2D eigenvalue weighted by molar-refractivity contribution is 7.98. The number of thioether (sulfide) groups is 1. The average molecular weight is 492 g/mol. The Morgan fingerprint density at radius 2 is 1.78 bits per heavy atom. The molecule has 1 saturated heterocycles. The van der Waals surface area contributed by atoms with Crippen LogP contribution in [0.1, 0.15) is 36.0 Å². The predicted octanol–water partition coefficient (Wildman–Crippen LogP) is 4.14. The predicted molar refractivity (Wildman–Crippen MR) is 130 cm³/mol. The zero-order chi connectivity index (χ0) is 22.9. The van der Waals surface area contributed by atoms with Gasteiger partial charge in [-0.1, -0.05) is 24.2 Å². The molecule has 0 spiro atoms. The second-order valence-corrected chi connectivity index (χ2v) is 11.3. The number of aromatic nitrogens is 1. The van der Waals surface area contributed by atoms with E-state index in [0.717, 1.165) is 47.4 Å². The van der Waals surface area contributed by atoms with E-state index in [0.29, 0.717) is 29.0 Å². The Morgan fingerprint density at radius 3 is 2.47 bits per heavy atom. The average Bonchev–Trinajstić information content (AvgIpc) is 2.95. The van der Waals surface area contributed by atoms with E-state index in [1.54, 1.807) is 31.3 Å². The van der Waals surface area contributed by atoms with Crippen molar-refractivity contribution in [3.63, 3.8) is 0 Å². The lowest BCUT2D eigenvalue weighted by Gasteiger charge is -2.22. The van der Waals surface area contributed by atoms with Crippen molar-refractivity contribution in [2.45, 2.75) is 35.5 Å². The van der Waals surface area contributed by atoms with Crippen molar-refractivity contribution in [1.82, 2.24) is 9.47 Å². The molecule has 0 atom stereocenters. The van der Waals surface area contributed by atoms with Crippen LogP contribution in [0.25, 0.3) is 10.2 Å². The highest BCUT2D eigenvalue weighted by atomic mass is 32.2. The normalized spacial score (nSPS) is 15.0. The lowest BCUT2D eigenvalue weighted by Crippen LogP contribution is -2.32. The highest BCUT2D eigenvalue weighted by Gasteiger charge is 2.23. The van der Waals surface area contributed by atoms with Crippen LogP contribution < -0.4 is 9.60 Å². The number of carbonyl (C=O) groups excluding carboxylic acids is 1. The fraction of sp³-hybridized carbons (Fsp3) is 0.364. The fourth-order valence-corrected chi connectivity index (χ4v) is 6.44. The summed E-state index contributed by atoms with van der Waals surface area (Å²) in [6.07, 6.45) is 6.03. The van der Waals surface area contributed by atoms with Crippen LogP contribution >= 0.6 is 23.1 Å².